The van der Waals surface area contributed by atoms with Crippen molar-refractivity contribution >= 4 is 11.9 Å². The molecule has 1 aromatic carbocycles. The van der Waals surface area contributed by atoms with Crippen molar-refractivity contribution in [3.8, 4) is 5.75 Å². The molecule has 1 aromatic rings. The number of hydrogen-bond acceptors (Lipinski definition) is 5. The quantitative estimate of drug-likeness (QED) is 0.483. The molecule has 0 aliphatic carbocycles. The first kappa shape index (κ1) is 20.4. The highest BCUT2D eigenvalue weighted by molar-refractivity contribution is 5.82. The number of fused-ring (bicyclic) bond motifs is 1. The molecular formula is C20H28FN3O4. The molecule has 0 saturated carbocycles. The standard InChI is InChI=1S/C20H28FN3O4/c1-20(2,3)28-18(25)13-5-6-24(10-13)19(22-4)23-9-14-7-16(21)8-15-11-26-12-27-17(14)15/h7-8,13H,5-6,9-12H2,1-4H3,(H,22,23). The van der Waals surface area contributed by atoms with Gasteiger partial charge in [0.2, 0.25) is 0 Å². The number of halogens is 1. The maximum Gasteiger partial charge on any atom is 0.311 e. The summed E-state index contributed by atoms with van der Waals surface area (Å²) in [7, 11) is 1.69. The maximum atomic E-state index is 13.9. The Bertz CT molecular complexity index is 761. The monoisotopic (exact) mass is 393 g/mol. The van der Waals surface area contributed by atoms with Gasteiger partial charge in [0, 0.05) is 37.8 Å². The Balaban J connectivity index is 1.62. The molecule has 8 heteroatoms. The smallest absolute Gasteiger partial charge is 0.311 e. The molecule has 154 valence electrons. The third-order valence-electron chi connectivity index (χ3n) is 4.63. The lowest BCUT2D eigenvalue weighted by Gasteiger charge is -2.25. The van der Waals surface area contributed by atoms with Crippen LogP contribution in [-0.4, -0.2) is 49.4 Å². The van der Waals surface area contributed by atoms with Gasteiger partial charge in [0.15, 0.2) is 12.8 Å². The first-order valence-electron chi connectivity index (χ1n) is 9.47. The molecule has 0 spiro atoms. The highest BCUT2D eigenvalue weighted by atomic mass is 19.1. The minimum absolute atomic E-state index is 0.157. The number of aliphatic imine (C=N–C) groups is 1. The minimum Gasteiger partial charge on any atom is -0.467 e. The molecule has 1 saturated heterocycles. The number of carbonyl (C=O) groups excluding carboxylic acids is 1. The molecule has 3 rings (SSSR count). The Kier molecular flexibility index (Phi) is 6.07. The van der Waals surface area contributed by atoms with Crippen LogP contribution < -0.4 is 10.1 Å². The van der Waals surface area contributed by atoms with Gasteiger partial charge >= 0.3 is 5.97 Å². The van der Waals surface area contributed by atoms with Crippen molar-refractivity contribution in [2.75, 3.05) is 26.9 Å². The van der Waals surface area contributed by atoms with E-state index in [9.17, 15) is 9.18 Å². The molecule has 0 amide bonds. The predicted molar refractivity (Wildman–Crippen MR) is 102 cm³/mol. The average molecular weight is 393 g/mol. The highest BCUT2D eigenvalue weighted by Crippen LogP contribution is 2.29. The summed E-state index contributed by atoms with van der Waals surface area (Å²) in [6.45, 7) is 7.69. The highest BCUT2D eigenvalue weighted by Gasteiger charge is 2.33. The van der Waals surface area contributed by atoms with Crippen molar-refractivity contribution in [2.24, 2.45) is 10.9 Å². The van der Waals surface area contributed by atoms with Gasteiger partial charge in [0.25, 0.3) is 0 Å². The molecule has 2 aliphatic heterocycles. The van der Waals surface area contributed by atoms with Gasteiger partial charge < -0.3 is 24.4 Å². The van der Waals surface area contributed by atoms with Crippen LogP contribution in [0.25, 0.3) is 0 Å². The van der Waals surface area contributed by atoms with Gasteiger partial charge in [-0.2, -0.15) is 0 Å². The molecule has 0 radical (unpaired) electrons. The Morgan fingerprint density at radius 1 is 1.43 bits per heavy atom. The number of nitrogens with one attached hydrogen (secondary N) is 1. The number of hydrogen-bond donors (Lipinski definition) is 1. The van der Waals surface area contributed by atoms with E-state index in [1.807, 2.05) is 25.7 Å². The predicted octanol–water partition coefficient (Wildman–Crippen LogP) is 2.43. The summed E-state index contributed by atoms with van der Waals surface area (Å²) < 4.78 is 30.2. The number of benzene rings is 1. The van der Waals surface area contributed by atoms with E-state index in [-0.39, 0.29) is 24.5 Å². The fraction of sp³-hybridized carbons (Fsp3) is 0.600. The van der Waals surface area contributed by atoms with Gasteiger partial charge in [-0.25, -0.2) is 4.39 Å². The van der Waals surface area contributed by atoms with Crippen molar-refractivity contribution in [2.45, 2.75) is 45.9 Å². The van der Waals surface area contributed by atoms with Crippen molar-refractivity contribution < 1.29 is 23.4 Å². The number of likely N-dealkylation sites (tertiary alicyclic amines) is 1. The average Bonchev–Trinajstić information content (AvgIpc) is 3.11. The van der Waals surface area contributed by atoms with Crippen LogP contribution in [0.4, 0.5) is 4.39 Å². The van der Waals surface area contributed by atoms with E-state index in [1.54, 1.807) is 7.05 Å². The molecule has 0 bridgehead atoms. The number of ether oxygens (including phenoxy) is 3. The van der Waals surface area contributed by atoms with Gasteiger partial charge in [0.05, 0.1) is 12.5 Å². The number of esters is 1. The first-order chi connectivity index (χ1) is 13.3. The topological polar surface area (TPSA) is 72.4 Å². The molecule has 1 atom stereocenters. The second kappa shape index (κ2) is 8.34. The van der Waals surface area contributed by atoms with E-state index < -0.39 is 5.60 Å². The van der Waals surface area contributed by atoms with Crippen LogP contribution in [0.2, 0.25) is 0 Å². The van der Waals surface area contributed by atoms with Gasteiger partial charge in [0.1, 0.15) is 17.2 Å². The Morgan fingerprint density at radius 3 is 2.93 bits per heavy atom. The van der Waals surface area contributed by atoms with Crippen molar-refractivity contribution in [1.82, 2.24) is 10.2 Å². The van der Waals surface area contributed by atoms with Gasteiger partial charge in [-0.1, -0.05) is 0 Å². The fourth-order valence-electron chi connectivity index (χ4n) is 3.42. The summed E-state index contributed by atoms with van der Waals surface area (Å²) in [5, 5.41) is 3.25. The maximum absolute atomic E-state index is 13.9. The Morgan fingerprint density at radius 2 is 2.21 bits per heavy atom. The normalized spacial score (nSPS) is 19.8. The third kappa shape index (κ3) is 4.92. The van der Waals surface area contributed by atoms with Crippen LogP contribution in [0.1, 0.15) is 38.3 Å². The number of nitrogens with zero attached hydrogens (tertiary/aromatic N) is 2. The van der Waals surface area contributed by atoms with Gasteiger partial charge in [-0.3, -0.25) is 9.79 Å². The molecule has 28 heavy (non-hydrogen) atoms. The summed E-state index contributed by atoms with van der Waals surface area (Å²) in [6, 6.07) is 2.89. The van der Waals surface area contributed by atoms with Crippen LogP contribution in [-0.2, 0) is 27.4 Å². The second-order valence-electron chi connectivity index (χ2n) is 8.03. The number of guanidine groups is 1. The zero-order chi connectivity index (χ0) is 20.3. The third-order valence-corrected chi connectivity index (χ3v) is 4.63. The molecule has 1 fully saturated rings. The first-order valence-corrected chi connectivity index (χ1v) is 9.47. The van der Waals surface area contributed by atoms with Crippen LogP contribution in [0.5, 0.6) is 5.75 Å². The lowest BCUT2D eigenvalue weighted by atomic mass is 10.1. The van der Waals surface area contributed by atoms with E-state index in [0.717, 1.165) is 0 Å². The van der Waals surface area contributed by atoms with Crippen LogP contribution in [0.3, 0.4) is 0 Å². The Labute approximate surface area is 164 Å². The SMILES string of the molecule is CN=C(NCc1cc(F)cc2c1OCOC2)N1CCC(C(=O)OC(C)(C)C)C1. The molecule has 0 aromatic heterocycles. The molecular weight excluding hydrogens is 365 g/mol. The molecule has 2 heterocycles. The van der Waals surface area contributed by atoms with Crippen molar-refractivity contribution in [3.05, 3.63) is 29.1 Å². The van der Waals surface area contributed by atoms with Crippen LogP contribution in [0.15, 0.2) is 17.1 Å². The molecule has 7 nitrogen and oxygen atoms in total. The van der Waals surface area contributed by atoms with E-state index in [2.05, 4.69) is 10.3 Å². The summed E-state index contributed by atoms with van der Waals surface area (Å²) in [5.74, 6) is 0.629. The summed E-state index contributed by atoms with van der Waals surface area (Å²) in [6.07, 6.45) is 0.714. The minimum atomic E-state index is -0.495. The second-order valence-corrected chi connectivity index (χ2v) is 8.03. The van der Waals surface area contributed by atoms with E-state index in [0.29, 0.717) is 55.5 Å². The molecule has 1 N–H and O–H groups in total. The number of carbonyl (C=O) groups is 1. The van der Waals surface area contributed by atoms with E-state index in [4.69, 9.17) is 14.2 Å². The van der Waals surface area contributed by atoms with E-state index in [1.165, 1.54) is 12.1 Å². The van der Waals surface area contributed by atoms with Crippen LogP contribution >= 0.6 is 0 Å². The summed E-state index contributed by atoms with van der Waals surface area (Å²) >= 11 is 0. The van der Waals surface area contributed by atoms with Crippen LogP contribution in [0, 0.1) is 11.7 Å². The molecule has 1 unspecified atom stereocenters. The van der Waals surface area contributed by atoms with E-state index >= 15 is 0 Å². The zero-order valence-corrected chi connectivity index (χ0v) is 16.9. The lowest BCUT2D eigenvalue weighted by Crippen LogP contribution is -2.40. The lowest BCUT2D eigenvalue weighted by molar-refractivity contribution is -0.159. The largest absolute Gasteiger partial charge is 0.467 e. The number of rotatable bonds is 3. The van der Waals surface area contributed by atoms with Crippen molar-refractivity contribution in [1.29, 1.82) is 0 Å². The zero-order valence-electron chi connectivity index (χ0n) is 16.9. The van der Waals surface area contributed by atoms with Gasteiger partial charge in [-0.15, -0.1) is 0 Å². The summed E-state index contributed by atoms with van der Waals surface area (Å²) in [4.78, 5) is 18.6. The summed E-state index contributed by atoms with van der Waals surface area (Å²) in [5.41, 5.74) is 0.913. The fourth-order valence-corrected chi connectivity index (χ4v) is 3.42. The van der Waals surface area contributed by atoms with Gasteiger partial charge in [-0.05, 0) is 39.3 Å². The molecule has 2 aliphatic rings. The Hall–Kier alpha value is -2.35. The van der Waals surface area contributed by atoms with Crippen molar-refractivity contribution in [3.63, 3.8) is 0 Å².